The summed E-state index contributed by atoms with van der Waals surface area (Å²) in [7, 11) is 3.38. The van der Waals surface area contributed by atoms with Gasteiger partial charge >= 0.3 is 0 Å². The van der Waals surface area contributed by atoms with Crippen LogP contribution in [0.4, 0.5) is 0 Å². The molecule has 0 atom stereocenters. The topological polar surface area (TPSA) is 29.5 Å². The van der Waals surface area contributed by atoms with Gasteiger partial charge in [-0.3, -0.25) is 4.79 Å². The summed E-state index contributed by atoms with van der Waals surface area (Å²) in [5.41, 5.74) is 1.94. The number of ether oxygens (including phenoxy) is 1. The average Bonchev–Trinajstić information content (AvgIpc) is 2.53. The average molecular weight is 352 g/mol. The molecule has 1 amide bonds. The monoisotopic (exact) mass is 351 g/mol. The zero-order chi connectivity index (χ0) is 16.8. The van der Waals surface area contributed by atoms with Crippen molar-refractivity contribution in [1.29, 1.82) is 0 Å². The van der Waals surface area contributed by atoms with Crippen molar-refractivity contribution in [3.05, 3.63) is 63.6 Å². The zero-order valence-electron chi connectivity index (χ0n) is 13.2. The third kappa shape index (κ3) is 5.15. The van der Waals surface area contributed by atoms with Crippen LogP contribution in [-0.2, 0) is 17.8 Å². The van der Waals surface area contributed by atoms with Gasteiger partial charge in [0, 0.05) is 35.6 Å². The Hall–Kier alpha value is -1.71. The molecule has 0 saturated heterocycles. The molecule has 23 heavy (non-hydrogen) atoms. The van der Waals surface area contributed by atoms with Gasteiger partial charge in [0.15, 0.2) is 0 Å². The predicted molar refractivity (Wildman–Crippen MR) is 94.3 cm³/mol. The Morgan fingerprint density at radius 3 is 2.57 bits per heavy atom. The molecule has 3 nitrogen and oxygen atoms in total. The van der Waals surface area contributed by atoms with Crippen molar-refractivity contribution < 1.29 is 9.53 Å². The highest BCUT2D eigenvalue weighted by Gasteiger charge is 2.13. The summed E-state index contributed by atoms with van der Waals surface area (Å²) in [6.45, 7) is 0.456. The van der Waals surface area contributed by atoms with Crippen LogP contribution in [0.3, 0.4) is 0 Å². The fraction of sp³-hybridized carbons (Fsp3) is 0.278. The van der Waals surface area contributed by atoms with E-state index in [1.54, 1.807) is 25.1 Å². The van der Waals surface area contributed by atoms with Gasteiger partial charge in [0.1, 0.15) is 5.75 Å². The van der Waals surface area contributed by atoms with E-state index in [1.807, 2.05) is 36.4 Å². The molecule has 0 N–H and O–H groups in total. The number of aryl methyl sites for hydroxylation is 1. The largest absolute Gasteiger partial charge is 0.496 e. The second kappa shape index (κ2) is 8.23. The van der Waals surface area contributed by atoms with E-state index in [0.717, 1.165) is 16.9 Å². The maximum atomic E-state index is 12.3. The van der Waals surface area contributed by atoms with E-state index in [0.29, 0.717) is 29.4 Å². The van der Waals surface area contributed by atoms with Crippen LogP contribution in [0.2, 0.25) is 10.0 Å². The maximum absolute atomic E-state index is 12.3. The number of rotatable bonds is 6. The first kappa shape index (κ1) is 17.6. The van der Waals surface area contributed by atoms with Crippen LogP contribution in [0.5, 0.6) is 5.75 Å². The predicted octanol–water partition coefficient (Wildman–Crippen LogP) is 4.59. The minimum Gasteiger partial charge on any atom is -0.496 e. The molecule has 0 bridgehead atoms. The SMILES string of the molecule is COc1ccc(Cl)cc1CN(C)C(=O)CCc1cccc(Cl)c1. The normalized spacial score (nSPS) is 10.4. The van der Waals surface area contributed by atoms with Gasteiger partial charge in [-0.15, -0.1) is 0 Å². The first-order valence-electron chi connectivity index (χ1n) is 7.30. The number of nitrogens with zero attached hydrogens (tertiary/aromatic N) is 1. The van der Waals surface area contributed by atoms with Gasteiger partial charge < -0.3 is 9.64 Å². The lowest BCUT2D eigenvalue weighted by molar-refractivity contribution is -0.130. The molecular formula is C18H19Cl2NO2. The molecule has 5 heteroatoms. The summed E-state index contributed by atoms with van der Waals surface area (Å²) >= 11 is 12.0. The number of halogens is 2. The van der Waals surface area contributed by atoms with Gasteiger partial charge in [0.25, 0.3) is 0 Å². The Kier molecular flexibility index (Phi) is 6.31. The van der Waals surface area contributed by atoms with Gasteiger partial charge in [0.2, 0.25) is 5.91 Å². The Labute approximate surface area is 146 Å². The van der Waals surface area contributed by atoms with Gasteiger partial charge in [-0.25, -0.2) is 0 Å². The summed E-state index contributed by atoms with van der Waals surface area (Å²) in [5.74, 6) is 0.788. The molecule has 0 fully saturated rings. The highest BCUT2D eigenvalue weighted by atomic mass is 35.5. The molecular weight excluding hydrogens is 333 g/mol. The lowest BCUT2D eigenvalue weighted by atomic mass is 10.1. The van der Waals surface area contributed by atoms with E-state index in [-0.39, 0.29) is 5.91 Å². The molecule has 0 aliphatic rings. The van der Waals surface area contributed by atoms with E-state index in [1.165, 1.54) is 0 Å². The zero-order valence-corrected chi connectivity index (χ0v) is 14.7. The number of carbonyl (C=O) groups is 1. The number of hydrogen-bond acceptors (Lipinski definition) is 2. The van der Waals surface area contributed by atoms with E-state index in [9.17, 15) is 4.79 Å². The summed E-state index contributed by atoms with van der Waals surface area (Å²) in [6, 6.07) is 13.0. The third-order valence-corrected chi connectivity index (χ3v) is 4.06. The van der Waals surface area contributed by atoms with Crippen molar-refractivity contribution in [1.82, 2.24) is 4.90 Å². The molecule has 0 aliphatic carbocycles. The molecule has 0 aromatic heterocycles. The van der Waals surface area contributed by atoms with Gasteiger partial charge in [-0.1, -0.05) is 35.3 Å². The first-order valence-corrected chi connectivity index (χ1v) is 8.06. The summed E-state index contributed by atoms with van der Waals surface area (Å²) in [4.78, 5) is 14.0. The fourth-order valence-electron chi connectivity index (χ4n) is 2.35. The van der Waals surface area contributed by atoms with E-state index < -0.39 is 0 Å². The van der Waals surface area contributed by atoms with Crippen molar-refractivity contribution in [3.63, 3.8) is 0 Å². The minimum atomic E-state index is 0.0620. The Morgan fingerprint density at radius 1 is 1.13 bits per heavy atom. The molecule has 0 unspecified atom stereocenters. The van der Waals surface area contributed by atoms with Crippen molar-refractivity contribution in [2.24, 2.45) is 0 Å². The molecule has 0 saturated carbocycles. The maximum Gasteiger partial charge on any atom is 0.222 e. The molecule has 122 valence electrons. The van der Waals surface area contributed by atoms with Crippen LogP contribution in [-0.4, -0.2) is 25.0 Å². The Balaban J connectivity index is 1.96. The van der Waals surface area contributed by atoms with Crippen LogP contribution in [0.15, 0.2) is 42.5 Å². The fourth-order valence-corrected chi connectivity index (χ4v) is 2.76. The van der Waals surface area contributed by atoms with E-state index >= 15 is 0 Å². The molecule has 0 heterocycles. The van der Waals surface area contributed by atoms with Crippen LogP contribution in [0.25, 0.3) is 0 Å². The third-order valence-electron chi connectivity index (χ3n) is 3.59. The van der Waals surface area contributed by atoms with E-state index in [2.05, 4.69) is 0 Å². The quantitative estimate of drug-likeness (QED) is 0.761. The van der Waals surface area contributed by atoms with Crippen LogP contribution < -0.4 is 4.74 Å². The minimum absolute atomic E-state index is 0.0620. The Morgan fingerprint density at radius 2 is 1.87 bits per heavy atom. The number of benzene rings is 2. The smallest absolute Gasteiger partial charge is 0.222 e. The lowest BCUT2D eigenvalue weighted by Gasteiger charge is -2.19. The van der Waals surface area contributed by atoms with Crippen molar-refractivity contribution in [3.8, 4) is 5.75 Å². The van der Waals surface area contributed by atoms with Crippen LogP contribution >= 0.6 is 23.2 Å². The molecule has 2 rings (SSSR count). The second-order valence-electron chi connectivity index (χ2n) is 5.34. The summed E-state index contributed by atoms with van der Waals surface area (Å²) in [6.07, 6.45) is 1.09. The second-order valence-corrected chi connectivity index (χ2v) is 6.21. The lowest BCUT2D eigenvalue weighted by Crippen LogP contribution is -2.26. The number of hydrogen-bond donors (Lipinski definition) is 0. The van der Waals surface area contributed by atoms with Crippen molar-refractivity contribution in [2.75, 3.05) is 14.2 Å². The van der Waals surface area contributed by atoms with Crippen molar-refractivity contribution >= 4 is 29.1 Å². The highest BCUT2D eigenvalue weighted by Crippen LogP contribution is 2.24. The summed E-state index contributed by atoms with van der Waals surface area (Å²) < 4.78 is 5.31. The van der Waals surface area contributed by atoms with Crippen LogP contribution in [0.1, 0.15) is 17.5 Å². The van der Waals surface area contributed by atoms with Crippen LogP contribution in [0, 0.1) is 0 Å². The standard InChI is InChI=1S/C18H19Cl2NO2/c1-21(12-14-11-16(20)7-8-17(14)23-2)18(22)9-6-13-4-3-5-15(19)10-13/h3-5,7-8,10-11H,6,9,12H2,1-2H3. The first-order chi connectivity index (χ1) is 11.0. The van der Waals surface area contributed by atoms with E-state index in [4.69, 9.17) is 27.9 Å². The molecule has 2 aromatic rings. The Bertz CT molecular complexity index is 688. The number of methoxy groups -OCH3 is 1. The number of amides is 1. The molecule has 0 radical (unpaired) electrons. The molecule has 2 aromatic carbocycles. The van der Waals surface area contributed by atoms with Crippen molar-refractivity contribution in [2.45, 2.75) is 19.4 Å². The molecule has 0 spiro atoms. The van der Waals surface area contributed by atoms with Gasteiger partial charge in [-0.05, 0) is 42.3 Å². The molecule has 0 aliphatic heterocycles. The number of carbonyl (C=O) groups excluding carboxylic acids is 1. The summed E-state index contributed by atoms with van der Waals surface area (Å²) in [5, 5.41) is 1.31. The van der Waals surface area contributed by atoms with Gasteiger partial charge in [-0.2, -0.15) is 0 Å². The van der Waals surface area contributed by atoms with Gasteiger partial charge in [0.05, 0.1) is 7.11 Å². The highest BCUT2D eigenvalue weighted by molar-refractivity contribution is 6.30.